The van der Waals surface area contributed by atoms with Gasteiger partial charge >= 0.3 is 5.97 Å². The quantitative estimate of drug-likeness (QED) is 0.246. The maximum Gasteiger partial charge on any atom is 0.303 e. The molecule has 0 aliphatic heterocycles. The van der Waals surface area contributed by atoms with Crippen LogP contribution in [-0.4, -0.2) is 60.7 Å². The summed E-state index contributed by atoms with van der Waals surface area (Å²) in [4.78, 5) is 10.8. The Bertz CT molecular complexity index is 1410. The summed E-state index contributed by atoms with van der Waals surface area (Å²) in [5.74, 6) is -0.317. The van der Waals surface area contributed by atoms with Crippen LogP contribution >= 0.6 is 22.9 Å². The lowest BCUT2D eigenvalue weighted by molar-refractivity contribution is -0.136. The fourth-order valence-electron chi connectivity index (χ4n) is 5.37. The van der Waals surface area contributed by atoms with Gasteiger partial charge in [0, 0.05) is 37.7 Å². The van der Waals surface area contributed by atoms with Gasteiger partial charge < -0.3 is 15.5 Å². The van der Waals surface area contributed by atoms with Crippen LogP contribution in [-0.2, 0) is 34.1 Å². The Morgan fingerprint density at radius 1 is 1.15 bits per heavy atom. The summed E-state index contributed by atoms with van der Waals surface area (Å²) >= 11 is 7.42. The van der Waals surface area contributed by atoms with E-state index >= 15 is 0 Å². The van der Waals surface area contributed by atoms with Crippen LogP contribution in [0.4, 0.5) is 0 Å². The number of carboxylic acid groups (broad SMARTS) is 1. The summed E-state index contributed by atoms with van der Waals surface area (Å²) in [6, 6.07) is 17.4. The van der Waals surface area contributed by atoms with Crippen molar-refractivity contribution < 1.29 is 23.4 Å². The summed E-state index contributed by atoms with van der Waals surface area (Å²) in [6.07, 6.45) is 2.66. The van der Waals surface area contributed by atoms with Crippen LogP contribution in [0.2, 0.25) is 4.34 Å². The number of aryl methyl sites for hydroxylation is 1. The number of nitrogens with one attached hydrogen (secondary N) is 1. The number of carboxylic acids is 1. The molecule has 0 unspecified atom stereocenters. The summed E-state index contributed by atoms with van der Waals surface area (Å²) in [7, 11) is -2.40. The van der Waals surface area contributed by atoms with Gasteiger partial charge in [-0.3, -0.25) is 4.79 Å². The predicted octanol–water partition coefficient (Wildman–Crippen LogP) is 5.24. The third-order valence-electron chi connectivity index (χ3n) is 7.44. The van der Waals surface area contributed by atoms with E-state index in [0.717, 1.165) is 41.7 Å². The first-order valence-electron chi connectivity index (χ1n) is 13.4. The van der Waals surface area contributed by atoms with Crippen molar-refractivity contribution in [3.05, 3.63) is 75.6 Å². The molecule has 0 bridgehead atoms. The highest BCUT2D eigenvalue weighted by molar-refractivity contribution is 7.91. The molecular weight excluding hydrogens is 568 g/mol. The van der Waals surface area contributed by atoms with Gasteiger partial charge in [-0.25, -0.2) is 8.42 Å². The Morgan fingerprint density at radius 2 is 1.77 bits per heavy atom. The van der Waals surface area contributed by atoms with Gasteiger partial charge in [-0.15, -0.1) is 11.3 Å². The number of fused-ring (bicyclic) bond motifs is 1. The number of nitrogens with zero attached hydrogens (tertiary/aromatic N) is 1. The van der Waals surface area contributed by atoms with Crippen molar-refractivity contribution in [1.29, 1.82) is 0 Å². The summed E-state index contributed by atoms with van der Waals surface area (Å²) in [5, 5.41) is 23.0. The zero-order valence-corrected chi connectivity index (χ0v) is 25.5. The highest BCUT2D eigenvalue weighted by atomic mass is 35.5. The minimum Gasteiger partial charge on any atom is -0.481 e. The highest BCUT2D eigenvalue weighted by Gasteiger charge is 2.30. The number of β-amino-alcohol motifs (C(OH)–C–C–N with tert-alkyl or cyclic N) is 1. The van der Waals surface area contributed by atoms with E-state index < -0.39 is 22.1 Å². The largest absolute Gasteiger partial charge is 0.481 e. The molecule has 0 saturated heterocycles. The van der Waals surface area contributed by atoms with Crippen LogP contribution in [0, 0.1) is 5.92 Å². The zero-order valence-electron chi connectivity index (χ0n) is 23.1. The predicted molar refractivity (Wildman–Crippen MR) is 161 cm³/mol. The second kappa shape index (κ2) is 12.7. The van der Waals surface area contributed by atoms with E-state index in [2.05, 4.69) is 43.4 Å². The number of carbonyl (C=O) groups is 1. The monoisotopic (exact) mass is 604 g/mol. The summed E-state index contributed by atoms with van der Waals surface area (Å²) in [6.45, 7) is 4.47. The normalized spacial score (nSPS) is 14.9. The van der Waals surface area contributed by atoms with Gasteiger partial charge in [-0.2, -0.15) is 4.31 Å². The molecule has 216 valence electrons. The SMILES string of the molecule is CN(C[C@H](O)CNC(C)(C)CC1Cc2ccccc2C1)S(=O)(=O)c1cc(-c2ccc(CCC(=O)O)cc2)c(Cl)s1. The number of halogens is 1. The summed E-state index contributed by atoms with van der Waals surface area (Å²) < 4.78 is 28.2. The van der Waals surface area contributed by atoms with Crippen molar-refractivity contribution in [2.75, 3.05) is 20.1 Å². The number of hydrogen-bond donors (Lipinski definition) is 3. The smallest absolute Gasteiger partial charge is 0.303 e. The lowest BCUT2D eigenvalue weighted by Crippen LogP contribution is -2.47. The van der Waals surface area contributed by atoms with Crippen LogP contribution in [0.25, 0.3) is 11.1 Å². The van der Waals surface area contributed by atoms with Gasteiger partial charge in [0.05, 0.1) is 6.10 Å². The molecule has 1 atom stereocenters. The Morgan fingerprint density at radius 3 is 2.38 bits per heavy atom. The van der Waals surface area contributed by atoms with E-state index in [1.54, 1.807) is 6.07 Å². The zero-order chi connectivity index (χ0) is 29.1. The molecule has 2 aromatic carbocycles. The third kappa shape index (κ3) is 7.72. The van der Waals surface area contributed by atoms with Crippen molar-refractivity contribution in [3.8, 4) is 11.1 Å². The van der Waals surface area contributed by atoms with Gasteiger partial charge in [0.1, 0.15) is 8.55 Å². The fourth-order valence-corrected chi connectivity index (χ4v) is 8.55. The standard InChI is InChI=1S/C30H37ClN2O5S2/c1-30(2,17-21-14-23-6-4-5-7-24(23)15-21)32-18-25(34)19-33(3)40(37,38)28-16-26(29(31)39-28)22-11-8-20(9-12-22)10-13-27(35)36/h4-9,11-12,16,21,25,32,34H,10,13-15,17-19H2,1-3H3,(H,35,36)/t25-/m1/s1. The molecule has 0 saturated carbocycles. The Kier molecular flexibility index (Phi) is 9.75. The lowest BCUT2D eigenvalue weighted by atomic mass is 9.88. The highest BCUT2D eigenvalue weighted by Crippen LogP contribution is 2.39. The maximum absolute atomic E-state index is 13.3. The fraction of sp³-hybridized carbons (Fsp3) is 0.433. The maximum atomic E-state index is 13.3. The number of rotatable bonds is 13. The molecule has 3 aromatic rings. The van der Waals surface area contributed by atoms with Gasteiger partial charge in [0.15, 0.2) is 0 Å². The number of sulfonamides is 1. The van der Waals surface area contributed by atoms with Crippen molar-refractivity contribution in [2.45, 2.75) is 61.8 Å². The molecule has 1 heterocycles. The first-order valence-corrected chi connectivity index (χ1v) is 16.0. The second-order valence-electron chi connectivity index (χ2n) is 11.3. The topological polar surface area (TPSA) is 107 Å². The summed E-state index contributed by atoms with van der Waals surface area (Å²) in [5.41, 5.74) is 4.86. The van der Waals surface area contributed by atoms with Crippen molar-refractivity contribution in [2.24, 2.45) is 5.92 Å². The van der Waals surface area contributed by atoms with Gasteiger partial charge in [-0.05, 0) is 73.8 Å². The van der Waals surface area contributed by atoms with E-state index in [-0.39, 0.29) is 29.3 Å². The molecule has 0 spiro atoms. The second-order valence-corrected chi connectivity index (χ2v) is 15.2. The van der Waals surface area contributed by atoms with E-state index in [0.29, 0.717) is 22.2 Å². The molecule has 1 aromatic heterocycles. The molecule has 40 heavy (non-hydrogen) atoms. The number of aliphatic carboxylic acids is 1. The van der Waals surface area contributed by atoms with Crippen molar-refractivity contribution in [3.63, 3.8) is 0 Å². The first-order chi connectivity index (χ1) is 18.8. The molecule has 10 heteroatoms. The van der Waals surface area contributed by atoms with E-state index in [1.807, 2.05) is 24.3 Å². The minimum atomic E-state index is -3.86. The minimum absolute atomic E-state index is 0.0431. The van der Waals surface area contributed by atoms with Crippen LogP contribution < -0.4 is 5.32 Å². The van der Waals surface area contributed by atoms with Crippen LogP contribution in [0.1, 0.15) is 43.4 Å². The van der Waals surface area contributed by atoms with Crippen molar-refractivity contribution >= 4 is 38.9 Å². The molecule has 0 radical (unpaired) electrons. The Balaban J connectivity index is 1.32. The van der Waals surface area contributed by atoms with E-state index in [4.69, 9.17) is 16.7 Å². The Labute approximate surface area is 245 Å². The molecule has 4 rings (SSSR count). The average Bonchev–Trinajstić information content (AvgIpc) is 3.49. The van der Waals surface area contributed by atoms with Crippen molar-refractivity contribution in [1.82, 2.24) is 9.62 Å². The van der Waals surface area contributed by atoms with Gasteiger partial charge in [-0.1, -0.05) is 60.1 Å². The number of likely N-dealkylation sites (N-methyl/N-ethyl adjacent to an activating group) is 1. The number of thiophene rings is 1. The lowest BCUT2D eigenvalue weighted by Gasteiger charge is -2.31. The van der Waals surface area contributed by atoms with Gasteiger partial charge in [0.25, 0.3) is 10.0 Å². The van der Waals surface area contributed by atoms with Crippen LogP contribution in [0.5, 0.6) is 0 Å². The van der Waals surface area contributed by atoms with E-state index in [9.17, 15) is 18.3 Å². The van der Waals surface area contributed by atoms with Gasteiger partial charge in [0.2, 0.25) is 0 Å². The first kappa shape index (κ1) is 30.7. The molecular formula is C30H37ClN2O5S2. The molecule has 3 N–H and O–H groups in total. The molecule has 7 nitrogen and oxygen atoms in total. The number of benzene rings is 2. The number of aliphatic hydroxyl groups excluding tert-OH is 1. The molecule has 1 aliphatic rings. The van der Waals surface area contributed by atoms with Crippen LogP contribution in [0.3, 0.4) is 0 Å². The third-order valence-corrected chi connectivity index (χ3v) is 11.1. The molecule has 0 fully saturated rings. The number of aliphatic hydroxyl groups is 1. The number of hydrogen-bond acceptors (Lipinski definition) is 6. The Hall–Kier alpha value is -2.27. The molecule has 0 amide bonds. The van der Waals surface area contributed by atoms with E-state index in [1.165, 1.54) is 22.5 Å². The average molecular weight is 605 g/mol. The van der Waals surface area contributed by atoms with Crippen LogP contribution in [0.15, 0.2) is 58.8 Å². The molecule has 1 aliphatic carbocycles.